The monoisotopic (exact) mass is 404 g/mol. The molecule has 8 heteroatoms. The Morgan fingerprint density at radius 1 is 1.22 bits per heavy atom. The number of carbonyl (C=O) groups excluding carboxylic acids is 1. The zero-order valence-corrected chi connectivity index (χ0v) is 16.4. The van der Waals surface area contributed by atoms with Crippen molar-refractivity contribution in [3.63, 3.8) is 0 Å². The number of carbonyl (C=O) groups is 1. The molecule has 0 spiro atoms. The number of halogens is 2. The second-order valence-electron chi connectivity index (χ2n) is 5.81. The van der Waals surface area contributed by atoms with Crippen LogP contribution in [0.5, 0.6) is 0 Å². The lowest BCUT2D eigenvalue weighted by atomic mass is 10.2. The second kappa shape index (κ2) is 8.54. The minimum Gasteiger partial charge on any atom is -0.325 e. The maximum Gasteiger partial charge on any atom is 0.234 e. The molecule has 0 aliphatic carbocycles. The van der Waals surface area contributed by atoms with Crippen LogP contribution in [0.4, 0.5) is 10.1 Å². The number of hydrogen-bond donors (Lipinski definition) is 1. The van der Waals surface area contributed by atoms with Gasteiger partial charge in [-0.05, 0) is 50.2 Å². The van der Waals surface area contributed by atoms with Gasteiger partial charge in [0.15, 0.2) is 11.0 Å². The first kappa shape index (κ1) is 19.4. The lowest BCUT2D eigenvalue weighted by Gasteiger charge is -2.09. The fourth-order valence-electron chi connectivity index (χ4n) is 2.55. The highest BCUT2D eigenvalue weighted by atomic mass is 35.5. The van der Waals surface area contributed by atoms with E-state index in [1.807, 2.05) is 23.6 Å². The summed E-state index contributed by atoms with van der Waals surface area (Å²) in [4.78, 5) is 12.2. The van der Waals surface area contributed by atoms with E-state index in [2.05, 4.69) is 15.5 Å². The molecular formula is C19H18ClFN4OS. The lowest BCUT2D eigenvalue weighted by molar-refractivity contribution is -0.113. The summed E-state index contributed by atoms with van der Waals surface area (Å²) >= 11 is 7.22. The number of thioether (sulfide) groups is 1. The van der Waals surface area contributed by atoms with Crippen molar-refractivity contribution in [2.45, 2.75) is 25.5 Å². The van der Waals surface area contributed by atoms with Crippen molar-refractivity contribution in [1.29, 1.82) is 0 Å². The van der Waals surface area contributed by atoms with E-state index in [0.717, 1.165) is 11.4 Å². The fraction of sp³-hybridized carbons (Fsp3) is 0.211. The quantitative estimate of drug-likeness (QED) is 0.599. The van der Waals surface area contributed by atoms with Crippen LogP contribution in [-0.4, -0.2) is 26.4 Å². The Balaban J connectivity index is 1.70. The Morgan fingerprint density at radius 3 is 2.67 bits per heavy atom. The topological polar surface area (TPSA) is 59.8 Å². The standard InChI is InChI=1S/C19H18ClFN4OS/c1-3-25-18(13-7-9-14(20)10-8-13)23-24-19(25)27-11-17(26)22-16-6-4-5-15(21)12(16)2/h4-10H,3,11H2,1-2H3,(H,22,26). The summed E-state index contributed by atoms with van der Waals surface area (Å²) in [5.41, 5.74) is 1.79. The van der Waals surface area contributed by atoms with E-state index < -0.39 is 0 Å². The predicted molar refractivity (Wildman–Crippen MR) is 107 cm³/mol. The van der Waals surface area contributed by atoms with Gasteiger partial charge in [0.2, 0.25) is 5.91 Å². The Morgan fingerprint density at radius 2 is 1.96 bits per heavy atom. The van der Waals surface area contributed by atoms with Crippen LogP contribution in [0, 0.1) is 12.7 Å². The molecule has 0 radical (unpaired) electrons. The van der Waals surface area contributed by atoms with Crippen molar-refractivity contribution in [3.05, 3.63) is 58.9 Å². The molecule has 0 aliphatic rings. The van der Waals surface area contributed by atoms with E-state index in [-0.39, 0.29) is 17.5 Å². The van der Waals surface area contributed by atoms with Gasteiger partial charge < -0.3 is 9.88 Å². The van der Waals surface area contributed by atoms with Gasteiger partial charge in [0.25, 0.3) is 0 Å². The Bertz CT molecular complexity index is 959. The maximum atomic E-state index is 13.6. The van der Waals surface area contributed by atoms with E-state index in [1.165, 1.54) is 17.8 Å². The number of benzene rings is 2. The summed E-state index contributed by atoms with van der Waals surface area (Å²) < 4.78 is 15.5. The number of nitrogens with one attached hydrogen (secondary N) is 1. The highest BCUT2D eigenvalue weighted by Crippen LogP contribution is 2.25. The molecular weight excluding hydrogens is 387 g/mol. The van der Waals surface area contributed by atoms with Gasteiger partial charge in [-0.25, -0.2) is 4.39 Å². The summed E-state index contributed by atoms with van der Waals surface area (Å²) in [6, 6.07) is 12.0. The van der Waals surface area contributed by atoms with Gasteiger partial charge in [-0.1, -0.05) is 29.4 Å². The molecule has 1 N–H and O–H groups in total. The minimum absolute atomic E-state index is 0.148. The Kier molecular flexibility index (Phi) is 6.13. The lowest BCUT2D eigenvalue weighted by Crippen LogP contribution is -2.15. The summed E-state index contributed by atoms with van der Waals surface area (Å²) in [6.45, 7) is 4.28. The summed E-state index contributed by atoms with van der Waals surface area (Å²) in [5.74, 6) is 0.290. The molecule has 0 saturated carbocycles. The minimum atomic E-state index is -0.348. The van der Waals surface area contributed by atoms with Crippen LogP contribution in [0.1, 0.15) is 12.5 Å². The molecule has 27 heavy (non-hydrogen) atoms. The Labute approximate surface area is 166 Å². The third-order valence-corrected chi connectivity index (χ3v) is 5.23. The smallest absolute Gasteiger partial charge is 0.234 e. The van der Waals surface area contributed by atoms with Gasteiger partial charge >= 0.3 is 0 Å². The van der Waals surface area contributed by atoms with Crippen LogP contribution >= 0.6 is 23.4 Å². The van der Waals surface area contributed by atoms with E-state index in [0.29, 0.717) is 28.0 Å². The zero-order valence-electron chi connectivity index (χ0n) is 14.9. The van der Waals surface area contributed by atoms with Crippen molar-refractivity contribution in [1.82, 2.24) is 14.8 Å². The molecule has 140 valence electrons. The number of aromatic nitrogens is 3. The van der Waals surface area contributed by atoms with Gasteiger partial charge in [-0.15, -0.1) is 10.2 Å². The molecule has 1 heterocycles. The van der Waals surface area contributed by atoms with Crippen LogP contribution in [0.25, 0.3) is 11.4 Å². The number of amides is 1. The first-order valence-corrected chi connectivity index (χ1v) is 9.73. The van der Waals surface area contributed by atoms with Crippen LogP contribution < -0.4 is 5.32 Å². The largest absolute Gasteiger partial charge is 0.325 e. The number of anilines is 1. The molecule has 2 aromatic carbocycles. The highest BCUT2D eigenvalue weighted by molar-refractivity contribution is 7.99. The van der Waals surface area contributed by atoms with Gasteiger partial charge in [-0.3, -0.25) is 4.79 Å². The van der Waals surface area contributed by atoms with E-state index in [1.54, 1.807) is 31.2 Å². The van der Waals surface area contributed by atoms with E-state index in [4.69, 9.17) is 11.6 Å². The molecule has 0 unspecified atom stereocenters. The first-order chi connectivity index (χ1) is 13.0. The van der Waals surface area contributed by atoms with Crippen molar-refractivity contribution in [3.8, 4) is 11.4 Å². The normalized spacial score (nSPS) is 10.8. The molecule has 0 fully saturated rings. The van der Waals surface area contributed by atoms with Crippen molar-refractivity contribution < 1.29 is 9.18 Å². The molecule has 1 amide bonds. The predicted octanol–water partition coefficient (Wildman–Crippen LogP) is 4.80. The van der Waals surface area contributed by atoms with Crippen LogP contribution in [0.3, 0.4) is 0 Å². The van der Waals surface area contributed by atoms with Crippen molar-refractivity contribution in [2.75, 3.05) is 11.1 Å². The third kappa shape index (κ3) is 4.48. The molecule has 0 saturated heterocycles. The zero-order chi connectivity index (χ0) is 19.4. The average Bonchev–Trinajstić information content (AvgIpc) is 3.07. The van der Waals surface area contributed by atoms with Crippen molar-refractivity contribution in [2.24, 2.45) is 0 Å². The van der Waals surface area contributed by atoms with Crippen LogP contribution in [0.2, 0.25) is 5.02 Å². The average molecular weight is 405 g/mol. The fourth-order valence-corrected chi connectivity index (χ4v) is 3.48. The van der Waals surface area contributed by atoms with Gasteiger partial charge in [0.1, 0.15) is 5.82 Å². The highest BCUT2D eigenvalue weighted by Gasteiger charge is 2.15. The molecule has 3 rings (SSSR count). The van der Waals surface area contributed by atoms with E-state index >= 15 is 0 Å². The van der Waals surface area contributed by atoms with Gasteiger partial charge in [0.05, 0.1) is 5.75 Å². The Hall–Kier alpha value is -2.38. The third-order valence-electron chi connectivity index (χ3n) is 4.01. The van der Waals surface area contributed by atoms with Crippen molar-refractivity contribution >= 4 is 35.0 Å². The molecule has 3 aromatic rings. The molecule has 0 bridgehead atoms. The summed E-state index contributed by atoms with van der Waals surface area (Å²) in [6.07, 6.45) is 0. The SMILES string of the molecule is CCn1c(SCC(=O)Nc2cccc(F)c2C)nnc1-c1ccc(Cl)cc1. The molecule has 1 aromatic heterocycles. The molecule has 5 nitrogen and oxygen atoms in total. The van der Waals surface area contributed by atoms with E-state index in [9.17, 15) is 9.18 Å². The van der Waals surface area contributed by atoms with Crippen LogP contribution in [0.15, 0.2) is 47.6 Å². The maximum absolute atomic E-state index is 13.6. The van der Waals surface area contributed by atoms with Gasteiger partial charge in [0, 0.05) is 28.4 Å². The second-order valence-corrected chi connectivity index (χ2v) is 7.19. The summed E-state index contributed by atoms with van der Waals surface area (Å²) in [5, 5.41) is 12.5. The van der Waals surface area contributed by atoms with Gasteiger partial charge in [-0.2, -0.15) is 0 Å². The number of nitrogens with zero attached hydrogens (tertiary/aromatic N) is 3. The molecule has 0 atom stereocenters. The van der Waals surface area contributed by atoms with Crippen LogP contribution in [-0.2, 0) is 11.3 Å². The number of hydrogen-bond acceptors (Lipinski definition) is 4. The first-order valence-electron chi connectivity index (χ1n) is 8.36. The number of rotatable bonds is 6. The summed E-state index contributed by atoms with van der Waals surface area (Å²) in [7, 11) is 0. The molecule has 0 aliphatic heterocycles.